The Bertz CT molecular complexity index is 1530. The number of ether oxygens (including phenoxy) is 2. The molecule has 0 bridgehead atoms. The maximum absolute atomic E-state index is 12.9. The highest BCUT2D eigenvalue weighted by molar-refractivity contribution is 7.21. The van der Waals surface area contributed by atoms with Crippen molar-refractivity contribution in [2.24, 2.45) is 7.05 Å². The lowest BCUT2D eigenvalue weighted by Crippen LogP contribution is -2.27. The number of hydrogen-bond donors (Lipinski definition) is 1. The Labute approximate surface area is 199 Å². The molecule has 5 rings (SSSR count). The van der Waals surface area contributed by atoms with E-state index in [2.05, 4.69) is 20.3 Å². The third kappa shape index (κ3) is 3.81. The number of pyridine rings is 2. The molecule has 10 heteroatoms. The van der Waals surface area contributed by atoms with Gasteiger partial charge in [0.25, 0.3) is 5.91 Å². The van der Waals surface area contributed by atoms with E-state index in [9.17, 15) is 4.79 Å². The summed E-state index contributed by atoms with van der Waals surface area (Å²) in [6, 6.07) is 11.0. The van der Waals surface area contributed by atoms with Crippen molar-refractivity contribution in [1.82, 2.24) is 29.8 Å². The predicted octanol–water partition coefficient (Wildman–Crippen LogP) is 4.15. The number of carbonyl (C=O) groups excluding carboxylic acids is 1. The van der Waals surface area contributed by atoms with Crippen LogP contribution >= 0.6 is 11.3 Å². The molecule has 0 aliphatic heterocycles. The van der Waals surface area contributed by atoms with Crippen molar-refractivity contribution in [2.45, 2.75) is 13.0 Å². The topological polar surface area (TPSA) is 104 Å². The molecular formula is C24H22N6O3S. The molecule has 0 aliphatic carbocycles. The van der Waals surface area contributed by atoms with E-state index in [1.54, 1.807) is 24.7 Å². The minimum atomic E-state index is -0.285. The molecule has 0 saturated heterocycles. The van der Waals surface area contributed by atoms with Gasteiger partial charge >= 0.3 is 0 Å². The van der Waals surface area contributed by atoms with E-state index in [1.165, 1.54) is 25.6 Å². The number of aryl methyl sites for hydroxylation is 1. The predicted molar refractivity (Wildman–Crippen MR) is 130 cm³/mol. The minimum absolute atomic E-state index is 0.209. The van der Waals surface area contributed by atoms with Crippen LogP contribution in [0.2, 0.25) is 0 Å². The van der Waals surface area contributed by atoms with Crippen LogP contribution in [-0.4, -0.2) is 44.6 Å². The number of fused-ring (bicyclic) bond motifs is 3. The lowest BCUT2D eigenvalue weighted by atomic mass is 10.0. The van der Waals surface area contributed by atoms with Crippen LogP contribution in [0.1, 0.15) is 28.9 Å². The summed E-state index contributed by atoms with van der Waals surface area (Å²) < 4.78 is 12.3. The molecule has 9 nitrogen and oxygen atoms in total. The van der Waals surface area contributed by atoms with Crippen LogP contribution < -0.4 is 14.8 Å². The number of carbonyl (C=O) groups is 1. The lowest BCUT2D eigenvalue weighted by molar-refractivity contribution is 0.0936. The zero-order valence-electron chi connectivity index (χ0n) is 19.1. The molecule has 4 aromatic heterocycles. The molecule has 0 saturated carbocycles. The molecule has 0 radical (unpaired) electrons. The van der Waals surface area contributed by atoms with E-state index in [0.29, 0.717) is 11.4 Å². The summed E-state index contributed by atoms with van der Waals surface area (Å²) >= 11 is 1.53. The second-order valence-corrected chi connectivity index (χ2v) is 8.73. The van der Waals surface area contributed by atoms with E-state index < -0.39 is 0 Å². The number of aromatic nitrogens is 5. The average Bonchev–Trinajstić information content (AvgIpc) is 3.47. The van der Waals surface area contributed by atoms with Gasteiger partial charge in [-0.05, 0) is 24.6 Å². The van der Waals surface area contributed by atoms with Crippen molar-refractivity contribution in [1.29, 1.82) is 0 Å². The number of nitrogens with zero attached hydrogens (tertiary/aromatic N) is 5. The first-order valence-corrected chi connectivity index (χ1v) is 11.4. The molecule has 0 unspecified atom stereocenters. The zero-order valence-corrected chi connectivity index (χ0v) is 19.9. The second-order valence-electron chi connectivity index (χ2n) is 7.75. The summed E-state index contributed by atoms with van der Waals surface area (Å²) in [6.45, 7) is 1.93. The highest BCUT2D eigenvalue weighted by Gasteiger charge is 2.19. The standard InChI is InChI=1S/C24H22N6O3S/c1-13(27-21(31)16-8-9-18(32-3)28-22(16)33-4)14-6-5-7-15(10-14)23-29-19-20-17(26-12-30(20)2)11-25-24(19)34-23/h5-13H,1-4H3,(H,27,31)/t13-/m0/s1. The summed E-state index contributed by atoms with van der Waals surface area (Å²) in [5, 5.41) is 3.88. The van der Waals surface area contributed by atoms with Crippen molar-refractivity contribution >= 4 is 38.6 Å². The molecule has 0 spiro atoms. The maximum atomic E-state index is 12.9. The van der Waals surface area contributed by atoms with Gasteiger partial charge in [0, 0.05) is 18.7 Å². The summed E-state index contributed by atoms with van der Waals surface area (Å²) in [5.74, 6) is 0.303. The van der Waals surface area contributed by atoms with Crippen molar-refractivity contribution in [3.05, 3.63) is 60.0 Å². The van der Waals surface area contributed by atoms with Crippen LogP contribution in [0, 0.1) is 0 Å². The molecular weight excluding hydrogens is 452 g/mol. The Balaban J connectivity index is 1.42. The van der Waals surface area contributed by atoms with Crippen LogP contribution in [0.25, 0.3) is 32.0 Å². The van der Waals surface area contributed by atoms with Gasteiger partial charge in [-0.3, -0.25) is 4.79 Å². The molecule has 0 aliphatic rings. The summed E-state index contributed by atoms with van der Waals surface area (Å²) in [4.78, 5) is 31.7. The number of benzene rings is 1. The fraction of sp³-hybridized carbons (Fsp3) is 0.208. The van der Waals surface area contributed by atoms with Gasteiger partial charge < -0.3 is 19.4 Å². The number of rotatable bonds is 6. The lowest BCUT2D eigenvalue weighted by Gasteiger charge is -2.16. The van der Waals surface area contributed by atoms with Gasteiger partial charge in [0.2, 0.25) is 11.8 Å². The summed E-state index contributed by atoms with van der Waals surface area (Å²) in [5.41, 5.74) is 4.86. The van der Waals surface area contributed by atoms with Crippen molar-refractivity contribution in [3.63, 3.8) is 0 Å². The van der Waals surface area contributed by atoms with E-state index in [4.69, 9.17) is 14.5 Å². The van der Waals surface area contributed by atoms with Crippen LogP contribution in [0.4, 0.5) is 0 Å². The largest absolute Gasteiger partial charge is 0.481 e. The third-order valence-corrected chi connectivity index (χ3v) is 6.58. The Morgan fingerprint density at radius 3 is 2.76 bits per heavy atom. The van der Waals surface area contributed by atoms with Crippen LogP contribution in [0.15, 0.2) is 48.9 Å². The molecule has 34 heavy (non-hydrogen) atoms. The summed E-state index contributed by atoms with van der Waals surface area (Å²) in [6.07, 6.45) is 3.54. The van der Waals surface area contributed by atoms with Gasteiger partial charge in [0.05, 0.1) is 38.3 Å². The molecule has 1 amide bonds. The first-order chi connectivity index (χ1) is 16.5. The Kier molecular flexibility index (Phi) is 5.58. The van der Waals surface area contributed by atoms with Crippen LogP contribution in [0.3, 0.4) is 0 Å². The van der Waals surface area contributed by atoms with Gasteiger partial charge in [-0.2, -0.15) is 4.98 Å². The van der Waals surface area contributed by atoms with Crippen LogP contribution in [-0.2, 0) is 7.05 Å². The number of thiazole rings is 1. The van der Waals surface area contributed by atoms with Gasteiger partial charge in [0.1, 0.15) is 26.4 Å². The number of methoxy groups -OCH3 is 2. The smallest absolute Gasteiger partial charge is 0.257 e. The van der Waals surface area contributed by atoms with E-state index in [1.807, 2.05) is 42.8 Å². The molecule has 5 aromatic rings. The molecule has 1 atom stereocenters. The maximum Gasteiger partial charge on any atom is 0.257 e. The Hall–Kier alpha value is -4.05. The highest BCUT2D eigenvalue weighted by Crippen LogP contribution is 2.33. The molecule has 0 fully saturated rings. The van der Waals surface area contributed by atoms with E-state index >= 15 is 0 Å². The SMILES string of the molecule is COc1ccc(C(=O)N[C@@H](C)c2cccc(-c3nc4c(ncc5ncn(C)c54)s3)c2)c(OC)n1. The van der Waals surface area contributed by atoms with Crippen molar-refractivity contribution in [2.75, 3.05) is 14.2 Å². The second kappa shape index (κ2) is 8.71. The third-order valence-electron chi connectivity index (χ3n) is 5.57. The van der Waals surface area contributed by atoms with E-state index in [-0.39, 0.29) is 17.8 Å². The fourth-order valence-electron chi connectivity index (χ4n) is 3.79. The zero-order chi connectivity index (χ0) is 23.8. The Morgan fingerprint density at radius 1 is 1.12 bits per heavy atom. The fourth-order valence-corrected chi connectivity index (χ4v) is 4.70. The number of amides is 1. The first-order valence-electron chi connectivity index (χ1n) is 10.5. The van der Waals surface area contributed by atoms with Crippen LogP contribution in [0.5, 0.6) is 11.8 Å². The molecule has 1 aromatic carbocycles. The normalized spacial score (nSPS) is 12.1. The van der Waals surface area contributed by atoms with Gasteiger partial charge in [-0.15, -0.1) is 0 Å². The van der Waals surface area contributed by atoms with Crippen molar-refractivity contribution in [3.8, 4) is 22.3 Å². The van der Waals surface area contributed by atoms with Gasteiger partial charge in [-0.1, -0.05) is 29.5 Å². The Morgan fingerprint density at radius 2 is 1.97 bits per heavy atom. The number of nitrogens with one attached hydrogen (secondary N) is 1. The average molecular weight is 475 g/mol. The molecule has 1 N–H and O–H groups in total. The minimum Gasteiger partial charge on any atom is -0.481 e. The highest BCUT2D eigenvalue weighted by atomic mass is 32.1. The van der Waals surface area contributed by atoms with Crippen molar-refractivity contribution < 1.29 is 14.3 Å². The van der Waals surface area contributed by atoms with Gasteiger partial charge in [0.15, 0.2) is 0 Å². The summed E-state index contributed by atoms with van der Waals surface area (Å²) in [7, 11) is 4.93. The molecule has 172 valence electrons. The molecule has 4 heterocycles. The first kappa shape index (κ1) is 21.8. The van der Waals surface area contributed by atoms with E-state index in [0.717, 1.165) is 37.5 Å². The number of hydrogen-bond acceptors (Lipinski definition) is 8. The monoisotopic (exact) mass is 474 g/mol. The number of imidazole rings is 1. The van der Waals surface area contributed by atoms with Gasteiger partial charge in [-0.25, -0.2) is 15.0 Å². The quantitative estimate of drug-likeness (QED) is 0.394.